The molecule has 8 heteroatoms. The number of rotatable bonds is 3. The van der Waals surface area contributed by atoms with Crippen molar-refractivity contribution in [2.45, 2.75) is 0 Å². The highest BCUT2D eigenvalue weighted by Crippen LogP contribution is 2.23. The quantitative estimate of drug-likeness (QED) is 0.788. The van der Waals surface area contributed by atoms with E-state index in [-0.39, 0.29) is 5.91 Å². The maximum absolute atomic E-state index is 12.0. The summed E-state index contributed by atoms with van der Waals surface area (Å²) < 4.78 is 2.47. The van der Waals surface area contributed by atoms with Crippen LogP contribution < -0.4 is 5.32 Å². The Hall–Kier alpha value is -2.06. The lowest BCUT2D eigenvalue weighted by atomic mass is 10.2. The number of amides is 1. The number of nitrogens with one attached hydrogen (secondary N) is 1. The van der Waals surface area contributed by atoms with Gasteiger partial charge in [-0.15, -0.1) is 16.4 Å². The standard InChI is InChI=1S/C12H8BrN5OS/c13-11-6-5-10(20-11)12(19)15-8-1-3-9(4-2-8)18-7-14-16-17-18/h1-7H,(H,15,19). The molecular weight excluding hydrogens is 342 g/mol. The Bertz CT molecular complexity index is 723. The molecule has 0 aliphatic heterocycles. The van der Waals surface area contributed by atoms with Gasteiger partial charge < -0.3 is 5.32 Å². The lowest BCUT2D eigenvalue weighted by Crippen LogP contribution is -2.10. The maximum Gasteiger partial charge on any atom is 0.265 e. The predicted molar refractivity (Wildman–Crippen MR) is 79.1 cm³/mol. The lowest BCUT2D eigenvalue weighted by molar-refractivity contribution is 0.103. The van der Waals surface area contributed by atoms with E-state index in [4.69, 9.17) is 0 Å². The first-order chi connectivity index (χ1) is 9.72. The average molecular weight is 350 g/mol. The van der Waals surface area contributed by atoms with Crippen LogP contribution in [0.5, 0.6) is 0 Å². The molecule has 0 atom stereocenters. The van der Waals surface area contributed by atoms with E-state index in [0.717, 1.165) is 15.2 Å². The summed E-state index contributed by atoms with van der Waals surface area (Å²) in [6.45, 7) is 0. The summed E-state index contributed by atoms with van der Waals surface area (Å²) in [4.78, 5) is 12.6. The van der Waals surface area contributed by atoms with Gasteiger partial charge in [0.05, 0.1) is 14.4 Å². The molecule has 0 bridgehead atoms. The molecule has 2 aromatic heterocycles. The van der Waals surface area contributed by atoms with Crippen LogP contribution in [-0.4, -0.2) is 26.1 Å². The van der Waals surface area contributed by atoms with E-state index < -0.39 is 0 Å². The van der Waals surface area contributed by atoms with E-state index in [9.17, 15) is 4.79 Å². The fourth-order valence-electron chi connectivity index (χ4n) is 1.61. The van der Waals surface area contributed by atoms with E-state index in [1.807, 2.05) is 18.2 Å². The molecule has 0 saturated carbocycles. The van der Waals surface area contributed by atoms with Crippen LogP contribution in [-0.2, 0) is 0 Å². The topological polar surface area (TPSA) is 72.7 Å². The zero-order valence-corrected chi connectivity index (χ0v) is 12.4. The molecule has 1 aromatic carbocycles. The molecule has 6 nitrogen and oxygen atoms in total. The Morgan fingerprint density at radius 2 is 2.00 bits per heavy atom. The average Bonchev–Trinajstić information content (AvgIpc) is 3.10. The van der Waals surface area contributed by atoms with Gasteiger partial charge in [0.15, 0.2) is 0 Å². The minimum absolute atomic E-state index is 0.129. The number of thiophene rings is 1. The molecule has 0 radical (unpaired) electrons. The van der Waals surface area contributed by atoms with E-state index in [2.05, 4.69) is 36.8 Å². The van der Waals surface area contributed by atoms with Crippen LogP contribution in [0.3, 0.4) is 0 Å². The fourth-order valence-corrected chi connectivity index (χ4v) is 2.89. The van der Waals surface area contributed by atoms with Crippen LogP contribution in [0, 0.1) is 0 Å². The zero-order chi connectivity index (χ0) is 13.9. The van der Waals surface area contributed by atoms with Crippen molar-refractivity contribution in [3.8, 4) is 5.69 Å². The number of tetrazole rings is 1. The van der Waals surface area contributed by atoms with Gasteiger partial charge in [-0.25, -0.2) is 4.68 Å². The van der Waals surface area contributed by atoms with Gasteiger partial charge in [0.2, 0.25) is 0 Å². The Balaban J connectivity index is 1.74. The molecular formula is C12H8BrN5OS. The molecule has 20 heavy (non-hydrogen) atoms. The van der Waals surface area contributed by atoms with E-state index >= 15 is 0 Å². The van der Waals surface area contributed by atoms with Crippen LogP contribution in [0.1, 0.15) is 9.67 Å². The number of carbonyl (C=O) groups excluding carboxylic acids is 1. The summed E-state index contributed by atoms with van der Waals surface area (Å²) in [7, 11) is 0. The van der Waals surface area contributed by atoms with Crippen molar-refractivity contribution in [3.63, 3.8) is 0 Å². The number of hydrogen-bond acceptors (Lipinski definition) is 5. The molecule has 1 amide bonds. The van der Waals surface area contributed by atoms with Gasteiger partial charge in [-0.05, 0) is 62.8 Å². The number of carbonyl (C=O) groups is 1. The largest absolute Gasteiger partial charge is 0.321 e. The molecule has 0 spiro atoms. The molecule has 3 rings (SSSR count). The first kappa shape index (κ1) is 12.9. The fraction of sp³-hybridized carbons (Fsp3) is 0. The highest BCUT2D eigenvalue weighted by Gasteiger charge is 2.08. The van der Waals surface area contributed by atoms with Crippen molar-refractivity contribution >= 4 is 38.9 Å². The summed E-state index contributed by atoms with van der Waals surface area (Å²) in [5.41, 5.74) is 1.54. The van der Waals surface area contributed by atoms with Gasteiger partial charge in [-0.3, -0.25) is 4.79 Å². The van der Waals surface area contributed by atoms with Crippen LogP contribution >= 0.6 is 27.3 Å². The molecule has 0 aliphatic carbocycles. The molecule has 3 aromatic rings. The van der Waals surface area contributed by atoms with Gasteiger partial charge in [-0.1, -0.05) is 0 Å². The monoisotopic (exact) mass is 349 g/mol. The van der Waals surface area contributed by atoms with Gasteiger partial charge in [0.25, 0.3) is 5.91 Å². The minimum atomic E-state index is -0.129. The second-order valence-corrected chi connectivity index (χ2v) is 6.32. The maximum atomic E-state index is 12.0. The Labute approximate surface area is 126 Å². The van der Waals surface area contributed by atoms with Crippen LogP contribution in [0.2, 0.25) is 0 Å². The highest BCUT2D eigenvalue weighted by molar-refractivity contribution is 9.11. The van der Waals surface area contributed by atoms with Crippen molar-refractivity contribution < 1.29 is 4.79 Å². The van der Waals surface area contributed by atoms with Crippen LogP contribution in [0.4, 0.5) is 5.69 Å². The number of aromatic nitrogens is 4. The van der Waals surface area contributed by atoms with E-state index in [0.29, 0.717) is 4.88 Å². The smallest absolute Gasteiger partial charge is 0.265 e. The normalized spacial score (nSPS) is 10.4. The minimum Gasteiger partial charge on any atom is -0.321 e. The molecule has 2 heterocycles. The SMILES string of the molecule is O=C(Nc1ccc(-n2cnnn2)cc1)c1ccc(Br)s1. The third-order valence-corrected chi connectivity index (χ3v) is 4.16. The third-order valence-electron chi connectivity index (χ3n) is 2.54. The van der Waals surface area contributed by atoms with E-state index in [1.165, 1.54) is 17.7 Å². The summed E-state index contributed by atoms with van der Waals surface area (Å²) in [5.74, 6) is -0.129. The zero-order valence-electron chi connectivity index (χ0n) is 10.0. The molecule has 0 unspecified atom stereocenters. The van der Waals surface area contributed by atoms with Crippen molar-refractivity contribution in [2.75, 3.05) is 5.32 Å². The molecule has 1 N–H and O–H groups in total. The molecule has 0 fully saturated rings. The van der Waals surface area contributed by atoms with E-state index in [1.54, 1.807) is 22.9 Å². The third kappa shape index (κ3) is 2.75. The first-order valence-corrected chi connectivity index (χ1v) is 7.23. The van der Waals surface area contributed by atoms with Crippen molar-refractivity contribution in [3.05, 3.63) is 51.4 Å². The van der Waals surface area contributed by atoms with Gasteiger partial charge in [0.1, 0.15) is 6.33 Å². The summed E-state index contributed by atoms with van der Waals surface area (Å²) in [6.07, 6.45) is 1.51. The second-order valence-electron chi connectivity index (χ2n) is 3.86. The summed E-state index contributed by atoms with van der Waals surface area (Å²) in [6, 6.07) is 10.9. The Morgan fingerprint density at radius 3 is 2.60 bits per heavy atom. The molecule has 100 valence electrons. The number of halogens is 1. The Morgan fingerprint density at radius 1 is 1.20 bits per heavy atom. The Kier molecular flexibility index (Phi) is 3.57. The van der Waals surface area contributed by atoms with Gasteiger partial charge >= 0.3 is 0 Å². The summed E-state index contributed by atoms with van der Waals surface area (Å²) in [5, 5.41) is 13.8. The first-order valence-electron chi connectivity index (χ1n) is 5.62. The molecule has 0 saturated heterocycles. The lowest BCUT2D eigenvalue weighted by Gasteiger charge is -2.04. The van der Waals surface area contributed by atoms with Crippen molar-refractivity contribution in [1.82, 2.24) is 20.2 Å². The van der Waals surface area contributed by atoms with Crippen LogP contribution in [0.25, 0.3) is 5.69 Å². The summed E-state index contributed by atoms with van der Waals surface area (Å²) >= 11 is 4.72. The molecule has 0 aliphatic rings. The number of nitrogens with zero attached hydrogens (tertiary/aromatic N) is 4. The van der Waals surface area contributed by atoms with Gasteiger partial charge in [-0.2, -0.15) is 0 Å². The second kappa shape index (κ2) is 5.51. The predicted octanol–water partition coefficient (Wildman–Crippen LogP) is 2.74. The van der Waals surface area contributed by atoms with Crippen molar-refractivity contribution in [2.24, 2.45) is 0 Å². The number of anilines is 1. The van der Waals surface area contributed by atoms with Crippen LogP contribution in [0.15, 0.2) is 46.5 Å². The van der Waals surface area contributed by atoms with Gasteiger partial charge in [0, 0.05) is 5.69 Å². The number of hydrogen-bond donors (Lipinski definition) is 1. The highest BCUT2D eigenvalue weighted by atomic mass is 79.9. The van der Waals surface area contributed by atoms with Crippen molar-refractivity contribution in [1.29, 1.82) is 0 Å². The number of benzene rings is 1.